The molecule has 184 valence electrons. The molecule has 7 nitrogen and oxygen atoms in total. The van der Waals surface area contributed by atoms with Crippen molar-refractivity contribution >= 4 is 18.0 Å². The number of hydrogen-bond acceptors (Lipinski definition) is 4. The molecule has 2 N–H and O–H groups in total. The van der Waals surface area contributed by atoms with Crippen LogP contribution in [0.5, 0.6) is 0 Å². The minimum Gasteiger partial charge on any atom is -0.481 e. The molecule has 0 aromatic heterocycles. The first-order chi connectivity index (χ1) is 16.9. The van der Waals surface area contributed by atoms with E-state index in [2.05, 4.69) is 17.4 Å². The Balaban J connectivity index is 1.24. The van der Waals surface area contributed by atoms with Gasteiger partial charge in [0, 0.05) is 19.0 Å². The van der Waals surface area contributed by atoms with Crippen LogP contribution < -0.4 is 5.32 Å². The van der Waals surface area contributed by atoms with Crippen LogP contribution in [0.15, 0.2) is 48.5 Å². The molecule has 7 heteroatoms. The third-order valence-corrected chi connectivity index (χ3v) is 8.08. The van der Waals surface area contributed by atoms with E-state index in [1.54, 1.807) is 11.9 Å². The number of likely N-dealkylation sites (N-methyl/N-ethyl adjacent to an activating group) is 1. The summed E-state index contributed by atoms with van der Waals surface area (Å²) in [6.45, 7) is 0.106. The van der Waals surface area contributed by atoms with Crippen LogP contribution in [0.3, 0.4) is 0 Å². The highest BCUT2D eigenvalue weighted by Gasteiger charge is 2.47. The number of fused-ring (bicyclic) bond motifs is 3. The largest absolute Gasteiger partial charge is 0.481 e. The van der Waals surface area contributed by atoms with Crippen molar-refractivity contribution in [3.63, 3.8) is 0 Å². The van der Waals surface area contributed by atoms with Gasteiger partial charge in [0.2, 0.25) is 5.91 Å². The summed E-state index contributed by atoms with van der Waals surface area (Å²) in [6, 6.07) is 15.0. The van der Waals surface area contributed by atoms with Gasteiger partial charge in [-0.2, -0.15) is 0 Å². The summed E-state index contributed by atoms with van der Waals surface area (Å²) in [5, 5.41) is 11.9. The van der Waals surface area contributed by atoms with Crippen molar-refractivity contribution in [3.05, 3.63) is 59.7 Å². The van der Waals surface area contributed by atoms with E-state index in [1.807, 2.05) is 36.4 Å². The lowest BCUT2D eigenvalue weighted by molar-refractivity contribution is -0.143. The summed E-state index contributed by atoms with van der Waals surface area (Å²) >= 11 is 0. The number of nitrogens with one attached hydrogen (secondary N) is 1. The summed E-state index contributed by atoms with van der Waals surface area (Å²) < 4.78 is 5.56. The smallest absolute Gasteiger partial charge is 0.407 e. The van der Waals surface area contributed by atoms with Gasteiger partial charge in [0.25, 0.3) is 0 Å². The van der Waals surface area contributed by atoms with Gasteiger partial charge in [0.15, 0.2) is 0 Å². The predicted octanol–water partition coefficient (Wildman–Crippen LogP) is 4.55. The summed E-state index contributed by atoms with van der Waals surface area (Å²) in [5.41, 5.74) is 4.80. The van der Waals surface area contributed by atoms with Crippen LogP contribution in [0.4, 0.5) is 4.79 Å². The van der Waals surface area contributed by atoms with Crippen LogP contribution >= 0.6 is 0 Å². The maximum absolute atomic E-state index is 13.2. The maximum Gasteiger partial charge on any atom is 0.407 e. The third kappa shape index (κ3) is 4.77. The molecule has 2 unspecified atom stereocenters. The molecule has 35 heavy (non-hydrogen) atoms. The van der Waals surface area contributed by atoms with Crippen molar-refractivity contribution in [2.75, 3.05) is 13.7 Å². The second-order valence-corrected chi connectivity index (χ2v) is 10.3. The van der Waals surface area contributed by atoms with Gasteiger partial charge >= 0.3 is 12.1 Å². The number of alkyl carbamates (subject to hydrolysis) is 1. The minimum absolute atomic E-state index is 0.0827. The molecule has 2 saturated carbocycles. The Labute approximate surface area is 205 Å². The van der Waals surface area contributed by atoms with E-state index in [0.29, 0.717) is 5.41 Å². The lowest BCUT2D eigenvalue weighted by Gasteiger charge is -2.37. The quantitative estimate of drug-likeness (QED) is 0.611. The average molecular weight is 477 g/mol. The SMILES string of the molecule is CN(C(=O)C(CC(=O)O)NC(=O)OCC1c2ccccc2-c2ccccc21)C1CCCC2(CC2)C1. The van der Waals surface area contributed by atoms with Crippen LogP contribution in [0.2, 0.25) is 0 Å². The highest BCUT2D eigenvalue weighted by atomic mass is 16.5. The molecule has 3 aliphatic rings. The standard InChI is InChI=1S/C28H32N2O5/c1-30(18-7-6-12-28(16-18)13-14-28)26(33)24(15-25(31)32)29-27(34)35-17-23-21-10-4-2-8-19(21)20-9-3-5-11-22(20)23/h2-5,8-11,18,23-24H,6-7,12-17H2,1H3,(H,29,34)(H,31,32). The normalized spacial score (nSPS) is 20.4. The monoisotopic (exact) mass is 476 g/mol. The summed E-state index contributed by atoms with van der Waals surface area (Å²) in [5.74, 6) is -1.62. The minimum atomic E-state index is -1.16. The van der Waals surface area contributed by atoms with Gasteiger partial charge in [-0.1, -0.05) is 55.0 Å². The summed E-state index contributed by atoms with van der Waals surface area (Å²) in [4.78, 5) is 39.1. The van der Waals surface area contributed by atoms with E-state index in [4.69, 9.17) is 4.74 Å². The zero-order valence-electron chi connectivity index (χ0n) is 20.0. The molecular weight excluding hydrogens is 444 g/mol. The molecular formula is C28H32N2O5. The molecule has 2 amide bonds. The van der Waals surface area contributed by atoms with Crippen molar-refractivity contribution in [3.8, 4) is 11.1 Å². The highest BCUT2D eigenvalue weighted by molar-refractivity contribution is 5.89. The number of ether oxygens (including phenoxy) is 1. The highest BCUT2D eigenvalue weighted by Crippen LogP contribution is 2.56. The first-order valence-corrected chi connectivity index (χ1v) is 12.5. The van der Waals surface area contributed by atoms with Crippen molar-refractivity contribution in [2.45, 2.75) is 62.9 Å². The third-order valence-electron chi connectivity index (χ3n) is 8.08. The predicted molar refractivity (Wildman–Crippen MR) is 131 cm³/mol. The Morgan fingerprint density at radius 3 is 2.29 bits per heavy atom. The molecule has 2 fully saturated rings. The maximum atomic E-state index is 13.2. The summed E-state index contributed by atoms with van der Waals surface area (Å²) in [6.07, 6.45) is 5.32. The first-order valence-electron chi connectivity index (χ1n) is 12.5. The van der Waals surface area contributed by atoms with Crippen LogP contribution in [-0.2, 0) is 14.3 Å². The van der Waals surface area contributed by atoms with Gasteiger partial charge in [0.05, 0.1) is 6.42 Å². The van der Waals surface area contributed by atoms with E-state index < -0.39 is 24.5 Å². The summed E-state index contributed by atoms with van der Waals surface area (Å²) in [7, 11) is 1.72. The van der Waals surface area contributed by atoms with Crippen LogP contribution in [-0.4, -0.2) is 53.7 Å². The number of nitrogens with zero attached hydrogens (tertiary/aromatic N) is 1. The fourth-order valence-corrected chi connectivity index (χ4v) is 5.96. The van der Waals surface area contributed by atoms with E-state index >= 15 is 0 Å². The second-order valence-electron chi connectivity index (χ2n) is 10.3. The second kappa shape index (κ2) is 9.36. The Morgan fingerprint density at radius 1 is 1.06 bits per heavy atom. The molecule has 1 spiro atoms. The van der Waals surface area contributed by atoms with Gasteiger partial charge in [-0.05, 0) is 59.8 Å². The molecule has 2 aromatic rings. The fraction of sp³-hybridized carbons (Fsp3) is 0.464. The molecule has 2 aromatic carbocycles. The van der Waals surface area contributed by atoms with Crippen molar-refractivity contribution < 1.29 is 24.2 Å². The van der Waals surface area contributed by atoms with Crippen molar-refractivity contribution in [1.29, 1.82) is 0 Å². The van der Waals surface area contributed by atoms with Gasteiger partial charge in [-0.3, -0.25) is 9.59 Å². The van der Waals surface area contributed by atoms with Crippen LogP contribution in [0, 0.1) is 5.41 Å². The van der Waals surface area contributed by atoms with Gasteiger partial charge in [-0.15, -0.1) is 0 Å². The molecule has 0 heterocycles. The van der Waals surface area contributed by atoms with Crippen LogP contribution in [0.25, 0.3) is 11.1 Å². The van der Waals surface area contributed by atoms with E-state index in [0.717, 1.165) is 41.5 Å². The van der Waals surface area contributed by atoms with Crippen molar-refractivity contribution in [1.82, 2.24) is 10.2 Å². The number of carboxylic acids is 1. The van der Waals surface area contributed by atoms with E-state index in [1.165, 1.54) is 19.3 Å². The number of carbonyl (C=O) groups is 3. The Hall–Kier alpha value is -3.35. The molecule has 0 saturated heterocycles. The zero-order valence-corrected chi connectivity index (χ0v) is 20.0. The van der Waals surface area contributed by atoms with E-state index in [9.17, 15) is 19.5 Å². The zero-order chi connectivity index (χ0) is 24.6. The number of carboxylic acid groups (broad SMARTS) is 1. The molecule has 3 aliphatic carbocycles. The molecule has 0 radical (unpaired) electrons. The molecule has 5 rings (SSSR count). The lowest BCUT2D eigenvalue weighted by atomic mass is 9.82. The first kappa shape index (κ1) is 23.4. The molecule has 2 atom stereocenters. The molecule has 0 bridgehead atoms. The fourth-order valence-electron chi connectivity index (χ4n) is 5.96. The van der Waals surface area contributed by atoms with E-state index in [-0.39, 0.29) is 24.5 Å². The number of rotatable bonds is 7. The topological polar surface area (TPSA) is 95.9 Å². The number of hydrogen-bond donors (Lipinski definition) is 2. The number of amides is 2. The average Bonchev–Trinajstić information content (AvgIpc) is 3.52. The Kier molecular flexibility index (Phi) is 6.26. The molecule has 0 aliphatic heterocycles. The van der Waals surface area contributed by atoms with Crippen LogP contribution in [0.1, 0.15) is 62.0 Å². The Bertz CT molecular complexity index is 1100. The number of carbonyl (C=O) groups excluding carboxylic acids is 2. The van der Waals surface area contributed by atoms with Gasteiger partial charge < -0.3 is 20.1 Å². The lowest BCUT2D eigenvalue weighted by Crippen LogP contribution is -2.52. The van der Waals surface area contributed by atoms with Gasteiger partial charge in [-0.25, -0.2) is 4.79 Å². The number of benzene rings is 2. The van der Waals surface area contributed by atoms with Gasteiger partial charge in [0.1, 0.15) is 12.6 Å². The number of aliphatic carboxylic acids is 1. The van der Waals surface area contributed by atoms with Crippen molar-refractivity contribution in [2.24, 2.45) is 5.41 Å². The Morgan fingerprint density at radius 2 is 1.69 bits per heavy atom.